The van der Waals surface area contributed by atoms with E-state index < -0.39 is 0 Å². The summed E-state index contributed by atoms with van der Waals surface area (Å²) in [4.78, 5) is 3.81. The summed E-state index contributed by atoms with van der Waals surface area (Å²) in [5.74, 6) is 0. The minimum absolute atomic E-state index is 0.209. The minimum atomic E-state index is 0.209. The van der Waals surface area contributed by atoms with Crippen molar-refractivity contribution in [3.8, 4) is 0 Å². The van der Waals surface area contributed by atoms with Crippen molar-refractivity contribution >= 4 is 6.20 Å². The quantitative estimate of drug-likeness (QED) is 0.607. The molecule has 0 aromatic carbocycles. The van der Waals surface area contributed by atoms with Crippen LogP contribution in [0.3, 0.4) is 0 Å². The average Bonchev–Trinajstić information content (AvgIpc) is 1.94. The van der Waals surface area contributed by atoms with Crippen LogP contribution in [0.25, 0.3) is 6.20 Å². The Morgan fingerprint density at radius 3 is 3.00 bits per heavy atom. The fraction of sp³-hybridized carbons (Fsp3) is 0.143. The molecule has 0 saturated heterocycles. The normalized spacial score (nSPS) is 9.30. The zero-order valence-corrected chi connectivity index (χ0v) is 5.83. The monoisotopic (exact) mass is 135 g/mol. The molecule has 0 saturated carbocycles. The molecule has 0 aliphatic carbocycles. The average molecular weight is 135 g/mol. The lowest BCUT2D eigenvalue weighted by atomic mass is 10.4. The summed E-state index contributed by atoms with van der Waals surface area (Å²) in [6, 6.07) is 0. The molecule has 0 atom stereocenters. The van der Waals surface area contributed by atoms with E-state index in [1.165, 1.54) is 0 Å². The van der Waals surface area contributed by atoms with Crippen molar-refractivity contribution < 1.29 is 0 Å². The van der Waals surface area contributed by atoms with E-state index in [2.05, 4.69) is 11.6 Å². The van der Waals surface area contributed by atoms with E-state index in [-0.39, 0.29) is 5.62 Å². The van der Waals surface area contributed by atoms with Crippen molar-refractivity contribution in [3.05, 3.63) is 30.2 Å². The van der Waals surface area contributed by atoms with Gasteiger partial charge in [0.1, 0.15) is 0 Å². The van der Waals surface area contributed by atoms with Crippen LogP contribution in [-0.4, -0.2) is 9.55 Å². The van der Waals surface area contributed by atoms with Gasteiger partial charge >= 0.3 is 0 Å². The second kappa shape index (κ2) is 2.47. The van der Waals surface area contributed by atoms with Crippen LogP contribution in [0.1, 0.15) is 5.56 Å². The molecular formula is C7H9N3. The second-order valence-corrected chi connectivity index (χ2v) is 2.04. The van der Waals surface area contributed by atoms with Gasteiger partial charge in [0.05, 0.1) is 0 Å². The number of aromatic nitrogens is 2. The molecule has 0 amide bonds. The fourth-order valence-electron chi connectivity index (χ4n) is 0.683. The molecule has 52 valence electrons. The Morgan fingerprint density at radius 2 is 2.50 bits per heavy atom. The highest BCUT2D eigenvalue weighted by molar-refractivity contribution is 5.17. The highest BCUT2D eigenvalue weighted by Crippen LogP contribution is 1.87. The van der Waals surface area contributed by atoms with Crippen LogP contribution in [0.15, 0.2) is 19.0 Å². The molecule has 0 bridgehead atoms. The van der Waals surface area contributed by atoms with E-state index in [1.54, 1.807) is 17.0 Å². The first-order valence-corrected chi connectivity index (χ1v) is 2.96. The molecule has 1 heterocycles. The van der Waals surface area contributed by atoms with Gasteiger partial charge in [-0.1, -0.05) is 6.58 Å². The van der Waals surface area contributed by atoms with Crippen LogP contribution in [0.2, 0.25) is 0 Å². The van der Waals surface area contributed by atoms with Crippen molar-refractivity contribution in [1.29, 1.82) is 5.41 Å². The molecule has 1 N–H and O–H groups in total. The molecule has 0 aliphatic heterocycles. The third-order valence-corrected chi connectivity index (χ3v) is 1.17. The van der Waals surface area contributed by atoms with Crippen molar-refractivity contribution in [1.82, 2.24) is 9.55 Å². The Morgan fingerprint density at radius 1 is 1.80 bits per heavy atom. The van der Waals surface area contributed by atoms with E-state index in [0.717, 1.165) is 5.56 Å². The Hall–Kier alpha value is -1.38. The van der Waals surface area contributed by atoms with Gasteiger partial charge < -0.3 is 0 Å². The van der Waals surface area contributed by atoms with Crippen LogP contribution in [0.4, 0.5) is 0 Å². The summed E-state index contributed by atoms with van der Waals surface area (Å²) >= 11 is 0. The first kappa shape index (κ1) is 6.74. The lowest BCUT2D eigenvalue weighted by Gasteiger charge is -1.97. The maximum atomic E-state index is 7.25. The van der Waals surface area contributed by atoms with Crippen LogP contribution in [0, 0.1) is 12.3 Å². The summed E-state index contributed by atoms with van der Waals surface area (Å²) in [5.41, 5.74) is 1.23. The number of hydrogen-bond acceptors (Lipinski definition) is 2. The lowest BCUT2D eigenvalue weighted by Crippen LogP contribution is -2.17. The molecule has 0 radical (unpaired) electrons. The summed E-state index contributed by atoms with van der Waals surface area (Å²) < 4.78 is 1.56. The molecule has 3 nitrogen and oxygen atoms in total. The van der Waals surface area contributed by atoms with Crippen LogP contribution < -0.4 is 5.62 Å². The predicted molar refractivity (Wildman–Crippen MR) is 39.2 cm³/mol. The molecule has 3 heteroatoms. The predicted octanol–water partition coefficient (Wildman–Crippen LogP) is 0.771. The molecule has 1 aromatic rings. The number of aryl methyl sites for hydroxylation is 1. The van der Waals surface area contributed by atoms with Gasteiger partial charge in [0, 0.05) is 18.6 Å². The van der Waals surface area contributed by atoms with E-state index in [0.29, 0.717) is 0 Å². The smallest absolute Gasteiger partial charge is 0.226 e. The molecule has 0 fully saturated rings. The minimum Gasteiger partial charge on any atom is -0.294 e. The van der Waals surface area contributed by atoms with Crippen molar-refractivity contribution in [2.75, 3.05) is 0 Å². The first-order valence-electron chi connectivity index (χ1n) is 2.96. The molecule has 1 rings (SSSR count). The molecule has 10 heavy (non-hydrogen) atoms. The standard InChI is InChI=1S/C7H9N3/c1-3-10-5-6(2)4-9-7(10)8/h3-5,8H,1H2,2H3. The summed E-state index contributed by atoms with van der Waals surface area (Å²) in [7, 11) is 0. The van der Waals surface area contributed by atoms with E-state index >= 15 is 0 Å². The molecule has 0 aliphatic rings. The van der Waals surface area contributed by atoms with Gasteiger partial charge in [0.2, 0.25) is 5.62 Å². The van der Waals surface area contributed by atoms with Gasteiger partial charge in [0.25, 0.3) is 0 Å². The second-order valence-electron chi connectivity index (χ2n) is 2.04. The summed E-state index contributed by atoms with van der Waals surface area (Å²) in [5, 5.41) is 7.25. The largest absolute Gasteiger partial charge is 0.294 e. The zero-order chi connectivity index (χ0) is 7.56. The summed E-state index contributed by atoms with van der Waals surface area (Å²) in [6.45, 7) is 5.46. The number of hydrogen-bond donors (Lipinski definition) is 1. The maximum absolute atomic E-state index is 7.25. The number of nitrogens with zero attached hydrogens (tertiary/aromatic N) is 2. The molecule has 1 aromatic heterocycles. The molecule has 0 unspecified atom stereocenters. The van der Waals surface area contributed by atoms with Gasteiger partial charge in [0.15, 0.2) is 0 Å². The SMILES string of the molecule is C=Cn1cc(C)cnc1=N. The maximum Gasteiger partial charge on any atom is 0.226 e. The highest BCUT2D eigenvalue weighted by Gasteiger charge is 1.86. The third-order valence-electron chi connectivity index (χ3n) is 1.17. The highest BCUT2D eigenvalue weighted by atomic mass is 15.0. The molecular weight excluding hydrogens is 126 g/mol. The van der Waals surface area contributed by atoms with Crippen molar-refractivity contribution in [2.45, 2.75) is 6.92 Å². The molecule has 0 spiro atoms. The van der Waals surface area contributed by atoms with Crippen molar-refractivity contribution in [3.63, 3.8) is 0 Å². The Balaban J connectivity index is 3.35. The Bertz CT molecular complexity index is 298. The number of nitrogens with one attached hydrogen (secondary N) is 1. The van der Waals surface area contributed by atoms with Crippen LogP contribution in [-0.2, 0) is 0 Å². The summed E-state index contributed by atoms with van der Waals surface area (Å²) in [6.07, 6.45) is 5.02. The van der Waals surface area contributed by atoms with E-state index in [9.17, 15) is 0 Å². The lowest BCUT2D eigenvalue weighted by molar-refractivity contribution is 0.872. The first-order chi connectivity index (χ1) is 4.74. The topological polar surface area (TPSA) is 41.7 Å². The van der Waals surface area contributed by atoms with Crippen LogP contribution >= 0.6 is 0 Å². The third kappa shape index (κ3) is 1.13. The fourth-order valence-corrected chi connectivity index (χ4v) is 0.683. The number of rotatable bonds is 1. The van der Waals surface area contributed by atoms with Gasteiger partial charge in [-0.05, 0) is 12.5 Å². The van der Waals surface area contributed by atoms with E-state index in [4.69, 9.17) is 5.41 Å². The van der Waals surface area contributed by atoms with Gasteiger partial charge in [-0.2, -0.15) is 0 Å². The van der Waals surface area contributed by atoms with E-state index in [1.807, 2.05) is 13.1 Å². The van der Waals surface area contributed by atoms with Crippen molar-refractivity contribution in [2.24, 2.45) is 0 Å². The Labute approximate surface area is 59.2 Å². The Kier molecular flexibility index (Phi) is 1.67. The van der Waals surface area contributed by atoms with Gasteiger partial charge in [-0.25, -0.2) is 4.98 Å². The zero-order valence-electron chi connectivity index (χ0n) is 5.83. The van der Waals surface area contributed by atoms with Gasteiger partial charge in [-0.3, -0.25) is 9.98 Å². The van der Waals surface area contributed by atoms with Crippen LogP contribution in [0.5, 0.6) is 0 Å². The van der Waals surface area contributed by atoms with Gasteiger partial charge in [-0.15, -0.1) is 0 Å².